The zero-order valence-electron chi connectivity index (χ0n) is 17.1. The van der Waals surface area contributed by atoms with E-state index in [2.05, 4.69) is 15.6 Å². The maximum atomic E-state index is 12.6. The van der Waals surface area contributed by atoms with E-state index in [-0.39, 0.29) is 29.7 Å². The van der Waals surface area contributed by atoms with E-state index in [0.717, 1.165) is 5.56 Å². The molecule has 0 saturated carbocycles. The summed E-state index contributed by atoms with van der Waals surface area (Å²) in [4.78, 5) is 39.4. The molecule has 160 valence electrons. The molecule has 2 N–H and O–H groups in total. The van der Waals surface area contributed by atoms with Crippen LogP contribution < -0.4 is 20.8 Å². The van der Waals surface area contributed by atoms with Crippen molar-refractivity contribution in [2.24, 2.45) is 0 Å². The number of benzene rings is 2. The fraction of sp³-hybridized carbons (Fsp3) is 0.0833. The summed E-state index contributed by atoms with van der Waals surface area (Å²) in [6.07, 6.45) is 1.43. The predicted octanol–water partition coefficient (Wildman–Crippen LogP) is 3.72. The third-order valence-electron chi connectivity index (χ3n) is 4.50. The van der Waals surface area contributed by atoms with E-state index in [9.17, 15) is 14.4 Å². The summed E-state index contributed by atoms with van der Waals surface area (Å²) in [7, 11) is 0. The summed E-state index contributed by atoms with van der Waals surface area (Å²) < 4.78 is 11.6. The molecule has 2 amide bonds. The quantitative estimate of drug-likeness (QED) is 0.483. The topological polar surface area (TPSA) is 111 Å². The lowest BCUT2D eigenvalue weighted by atomic mass is 10.1. The second-order valence-corrected chi connectivity index (χ2v) is 6.94. The van der Waals surface area contributed by atoms with Crippen molar-refractivity contribution in [3.63, 3.8) is 0 Å². The molecule has 2 aromatic heterocycles. The van der Waals surface area contributed by atoms with Crippen molar-refractivity contribution in [1.82, 2.24) is 10.3 Å². The number of rotatable bonds is 6. The molecule has 0 atom stereocenters. The molecular formula is C24H19N3O5. The number of hydrogen-bond donors (Lipinski definition) is 2. The molecule has 0 aliphatic heterocycles. The van der Waals surface area contributed by atoms with Gasteiger partial charge < -0.3 is 19.8 Å². The minimum atomic E-state index is -0.369. The maximum absolute atomic E-state index is 12.6. The van der Waals surface area contributed by atoms with Gasteiger partial charge in [-0.3, -0.25) is 14.4 Å². The number of aromatic nitrogens is 1. The van der Waals surface area contributed by atoms with Crippen molar-refractivity contribution in [2.45, 2.75) is 6.92 Å². The first kappa shape index (κ1) is 20.8. The standard InChI is InChI=1S/C24H19N3O5/c1-15(28)25-14-23(30)27-17-7-10-24(26-13-17)31-18-8-9-21-19(11-18)20(29)12-22(32-21)16-5-3-2-4-6-16/h2-13H,14H2,1H3,(H,25,28)(H,27,30). The molecular weight excluding hydrogens is 410 g/mol. The summed E-state index contributed by atoms with van der Waals surface area (Å²) in [6.45, 7) is 1.21. The number of anilines is 1. The first-order valence-corrected chi connectivity index (χ1v) is 9.79. The number of carbonyl (C=O) groups is 2. The zero-order chi connectivity index (χ0) is 22.5. The lowest BCUT2D eigenvalue weighted by Gasteiger charge is -2.08. The Balaban J connectivity index is 1.48. The van der Waals surface area contributed by atoms with E-state index in [1.807, 2.05) is 30.3 Å². The first-order chi connectivity index (χ1) is 15.5. The van der Waals surface area contributed by atoms with Crippen molar-refractivity contribution < 1.29 is 18.7 Å². The highest BCUT2D eigenvalue weighted by Crippen LogP contribution is 2.27. The van der Waals surface area contributed by atoms with Crippen LogP contribution in [0.2, 0.25) is 0 Å². The number of amides is 2. The molecule has 32 heavy (non-hydrogen) atoms. The summed E-state index contributed by atoms with van der Waals surface area (Å²) in [6, 6.07) is 19.0. The van der Waals surface area contributed by atoms with Crippen LogP contribution in [0.3, 0.4) is 0 Å². The largest absolute Gasteiger partial charge is 0.456 e. The van der Waals surface area contributed by atoms with Crippen LogP contribution in [0, 0.1) is 0 Å². The van der Waals surface area contributed by atoms with Crippen LogP contribution in [0.4, 0.5) is 5.69 Å². The Bertz CT molecular complexity index is 1330. The van der Waals surface area contributed by atoms with Crippen LogP contribution in [-0.2, 0) is 9.59 Å². The van der Waals surface area contributed by atoms with Gasteiger partial charge in [0, 0.05) is 24.6 Å². The normalized spacial score (nSPS) is 10.5. The van der Waals surface area contributed by atoms with E-state index >= 15 is 0 Å². The molecule has 0 aliphatic rings. The predicted molar refractivity (Wildman–Crippen MR) is 120 cm³/mol. The minimum Gasteiger partial charge on any atom is -0.456 e. The van der Waals surface area contributed by atoms with Gasteiger partial charge >= 0.3 is 0 Å². The monoisotopic (exact) mass is 429 g/mol. The van der Waals surface area contributed by atoms with Gasteiger partial charge in [0.2, 0.25) is 17.7 Å². The van der Waals surface area contributed by atoms with E-state index < -0.39 is 0 Å². The van der Waals surface area contributed by atoms with Gasteiger partial charge in [-0.05, 0) is 24.3 Å². The van der Waals surface area contributed by atoms with Gasteiger partial charge in [-0.2, -0.15) is 0 Å². The lowest BCUT2D eigenvalue weighted by molar-refractivity contribution is -0.122. The Kier molecular flexibility index (Phi) is 5.94. The number of hydrogen-bond acceptors (Lipinski definition) is 6. The number of ether oxygens (including phenoxy) is 1. The van der Waals surface area contributed by atoms with Gasteiger partial charge in [0.05, 0.1) is 23.8 Å². The summed E-state index contributed by atoms with van der Waals surface area (Å²) in [5, 5.41) is 5.42. The Morgan fingerprint density at radius 2 is 1.84 bits per heavy atom. The van der Waals surface area contributed by atoms with Gasteiger partial charge in [-0.15, -0.1) is 0 Å². The van der Waals surface area contributed by atoms with Crippen molar-refractivity contribution >= 4 is 28.5 Å². The third kappa shape index (κ3) is 4.99. The number of pyridine rings is 1. The van der Waals surface area contributed by atoms with Crippen LogP contribution >= 0.6 is 0 Å². The Hall–Kier alpha value is -4.46. The SMILES string of the molecule is CC(=O)NCC(=O)Nc1ccc(Oc2ccc3oc(-c4ccccc4)cc(=O)c3c2)nc1. The third-order valence-corrected chi connectivity index (χ3v) is 4.50. The number of fused-ring (bicyclic) bond motifs is 1. The van der Waals surface area contributed by atoms with Gasteiger partial charge in [-0.25, -0.2) is 4.98 Å². The fourth-order valence-corrected chi connectivity index (χ4v) is 2.99. The fourth-order valence-electron chi connectivity index (χ4n) is 2.99. The van der Waals surface area contributed by atoms with E-state index in [4.69, 9.17) is 9.15 Å². The molecule has 0 fully saturated rings. The van der Waals surface area contributed by atoms with Gasteiger partial charge in [0.1, 0.15) is 17.1 Å². The molecule has 4 aromatic rings. The molecule has 2 aromatic carbocycles. The number of carbonyl (C=O) groups excluding carboxylic acids is 2. The average Bonchev–Trinajstić information content (AvgIpc) is 2.80. The molecule has 0 bridgehead atoms. The van der Waals surface area contributed by atoms with Gasteiger partial charge in [0.15, 0.2) is 5.43 Å². The van der Waals surface area contributed by atoms with Crippen molar-refractivity contribution in [1.29, 1.82) is 0 Å². The van der Waals surface area contributed by atoms with Gasteiger partial charge in [-0.1, -0.05) is 30.3 Å². The highest BCUT2D eigenvalue weighted by atomic mass is 16.5. The van der Waals surface area contributed by atoms with Crippen LogP contribution in [0.15, 0.2) is 82.1 Å². The molecule has 0 saturated heterocycles. The zero-order valence-corrected chi connectivity index (χ0v) is 17.1. The molecule has 0 aliphatic carbocycles. The van der Waals surface area contributed by atoms with E-state index in [0.29, 0.717) is 28.2 Å². The number of nitrogens with zero attached hydrogens (tertiary/aromatic N) is 1. The van der Waals surface area contributed by atoms with Crippen molar-refractivity contribution in [2.75, 3.05) is 11.9 Å². The lowest BCUT2D eigenvalue weighted by Crippen LogP contribution is -2.31. The maximum Gasteiger partial charge on any atom is 0.243 e. The molecule has 0 radical (unpaired) electrons. The molecule has 0 unspecified atom stereocenters. The summed E-state index contributed by atoms with van der Waals surface area (Å²) in [5.74, 6) is 0.547. The van der Waals surface area contributed by atoms with Crippen LogP contribution in [0.25, 0.3) is 22.3 Å². The molecule has 8 heteroatoms. The van der Waals surface area contributed by atoms with Crippen LogP contribution in [0.5, 0.6) is 11.6 Å². The molecule has 4 rings (SSSR count). The van der Waals surface area contributed by atoms with Crippen LogP contribution in [-0.4, -0.2) is 23.3 Å². The molecule has 8 nitrogen and oxygen atoms in total. The van der Waals surface area contributed by atoms with Crippen molar-refractivity contribution in [3.05, 3.63) is 83.2 Å². The molecule has 2 heterocycles. The second kappa shape index (κ2) is 9.13. The molecule has 0 spiro atoms. The summed E-state index contributed by atoms with van der Waals surface area (Å²) in [5.41, 5.74) is 1.55. The highest BCUT2D eigenvalue weighted by molar-refractivity contribution is 5.94. The van der Waals surface area contributed by atoms with Gasteiger partial charge in [0.25, 0.3) is 0 Å². The summed E-state index contributed by atoms with van der Waals surface area (Å²) >= 11 is 0. The number of nitrogens with one attached hydrogen (secondary N) is 2. The minimum absolute atomic E-state index is 0.126. The second-order valence-electron chi connectivity index (χ2n) is 6.94. The Labute approximate surface area is 182 Å². The van der Waals surface area contributed by atoms with E-state index in [1.165, 1.54) is 19.2 Å². The van der Waals surface area contributed by atoms with Crippen molar-refractivity contribution in [3.8, 4) is 23.0 Å². The smallest absolute Gasteiger partial charge is 0.243 e. The van der Waals surface area contributed by atoms with E-state index in [1.54, 1.807) is 30.3 Å². The average molecular weight is 429 g/mol. The highest BCUT2D eigenvalue weighted by Gasteiger charge is 2.09. The Morgan fingerprint density at radius 3 is 2.56 bits per heavy atom. The Morgan fingerprint density at radius 1 is 1.03 bits per heavy atom. The first-order valence-electron chi connectivity index (χ1n) is 9.79. The van der Waals surface area contributed by atoms with Crippen LogP contribution in [0.1, 0.15) is 6.92 Å².